The largest absolute Gasteiger partial charge is 0.489 e. The first-order valence-electron chi connectivity index (χ1n) is 14.5. The van der Waals surface area contributed by atoms with Crippen LogP contribution in [0.2, 0.25) is 0 Å². The first-order chi connectivity index (χ1) is 20.4. The highest BCUT2D eigenvalue weighted by molar-refractivity contribution is 6.08. The van der Waals surface area contributed by atoms with E-state index in [1.807, 2.05) is 41.2 Å². The van der Waals surface area contributed by atoms with Crippen molar-refractivity contribution in [3.05, 3.63) is 143 Å². The van der Waals surface area contributed by atoms with Crippen molar-refractivity contribution < 1.29 is 9.53 Å². The average molecular weight is 555 g/mol. The fraction of sp³-hybridized carbons (Fsp3) is 0.222. The van der Waals surface area contributed by atoms with E-state index < -0.39 is 5.54 Å². The molecule has 42 heavy (non-hydrogen) atoms. The molecule has 0 bridgehead atoms. The van der Waals surface area contributed by atoms with Gasteiger partial charge in [0.25, 0.3) is 0 Å². The Balaban J connectivity index is 1.42. The van der Waals surface area contributed by atoms with Crippen molar-refractivity contribution in [1.29, 1.82) is 0 Å². The second-order valence-electron chi connectivity index (χ2n) is 11.4. The molecule has 7 rings (SSSR count). The Labute approximate surface area is 246 Å². The van der Waals surface area contributed by atoms with Gasteiger partial charge in [0.1, 0.15) is 17.9 Å². The lowest BCUT2D eigenvalue weighted by Gasteiger charge is -2.38. The number of hydrogen-bond acceptors (Lipinski definition) is 3. The molecular weight excluding hydrogens is 520 g/mol. The third-order valence-corrected chi connectivity index (χ3v) is 8.91. The number of imidazole rings is 1. The number of carbonyl (C=O) groups excluding carboxylic acids is 1. The molecule has 2 amide bonds. The Bertz CT molecular complexity index is 1670. The van der Waals surface area contributed by atoms with Gasteiger partial charge in [-0.15, -0.1) is 0 Å². The molecule has 6 nitrogen and oxygen atoms in total. The quantitative estimate of drug-likeness (QED) is 0.215. The first kappa shape index (κ1) is 26.1. The van der Waals surface area contributed by atoms with Crippen LogP contribution in [0, 0.1) is 20.8 Å². The maximum atomic E-state index is 14.3. The van der Waals surface area contributed by atoms with Crippen LogP contribution < -0.4 is 14.5 Å². The van der Waals surface area contributed by atoms with Gasteiger partial charge in [-0.3, -0.25) is 9.80 Å². The summed E-state index contributed by atoms with van der Waals surface area (Å²) in [6.45, 7) is 8.71. The maximum Gasteiger partial charge on any atom is 0.331 e. The highest BCUT2D eigenvalue weighted by Gasteiger charge is 2.50. The zero-order valence-corrected chi connectivity index (χ0v) is 24.4. The minimum atomic E-state index is -0.706. The van der Waals surface area contributed by atoms with Crippen molar-refractivity contribution >= 4 is 17.5 Å². The monoisotopic (exact) mass is 554 g/mol. The number of nitrogens with zero attached hydrogens (tertiary/aromatic N) is 4. The molecule has 0 spiro atoms. The van der Waals surface area contributed by atoms with E-state index >= 15 is 0 Å². The van der Waals surface area contributed by atoms with Crippen LogP contribution in [0.25, 0.3) is 0 Å². The van der Waals surface area contributed by atoms with Crippen molar-refractivity contribution in [2.45, 2.75) is 45.3 Å². The van der Waals surface area contributed by atoms with Gasteiger partial charge in [-0.2, -0.15) is 0 Å². The van der Waals surface area contributed by atoms with Gasteiger partial charge in [0.15, 0.2) is 5.82 Å². The Morgan fingerprint density at radius 3 is 1.88 bits per heavy atom. The van der Waals surface area contributed by atoms with Gasteiger partial charge in [0.05, 0.1) is 29.8 Å². The number of amides is 2. The van der Waals surface area contributed by atoms with Crippen molar-refractivity contribution in [1.82, 2.24) is 9.55 Å². The highest BCUT2D eigenvalue weighted by Crippen LogP contribution is 2.46. The molecule has 2 atom stereocenters. The number of aryl methyl sites for hydroxylation is 2. The smallest absolute Gasteiger partial charge is 0.331 e. The molecule has 0 aliphatic carbocycles. The van der Waals surface area contributed by atoms with E-state index in [1.54, 1.807) is 0 Å². The van der Waals surface area contributed by atoms with Crippen LogP contribution in [0.4, 0.5) is 16.3 Å². The van der Waals surface area contributed by atoms with Crippen molar-refractivity contribution in [3.8, 4) is 5.75 Å². The maximum absolute atomic E-state index is 14.3. The minimum absolute atomic E-state index is 0.0693. The van der Waals surface area contributed by atoms with Crippen LogP contribution in [0.15, 0.2) is 109 Å². The predicted molar refractivity (Wildman–Crippen MR) is 167 cm³/mol. The molecule has 210 valence electrons. The van der Waals surface area contributed by atoms with Crippen molar-refractivity contribution in [2.24, 2.45) is 0 Å². The minimum Gasteiger partial charge on any atom is -0.489 e. The lowest BCUT2D eigenvalue weighted by Crippen LogP contribution is -2.44. The zero-order chi connectivity index (χ0) is 29.0. The van der Waals surface area contributed by atoms with Crippen LogP contribution >= 0.6 is 0 Å². The summed E-state index contributed by atoms with van der Waals surface area (Å²) in [5.41, 5.74) is 6.53. The van der Waals surface area contributed by atoms with Gasteiger partial charge in [-0.25, -0.2) is 9.78 Å². The van der Waals surface area contributed by atoms with E-state index in [0.29, 0.717) is 12.4 Å². The van der Waals surface area contributed by atoms with Crippen LogP contribution in [-0.2, 0) is 5.54 Å². The summed E-state index contributed by atoms with van der Waals surface area (Å²) in [5, 5.41) is 0. The molecule has 1 aromatic heterocycles. The topological polar surface area (TPSA) is 50.6 Å². The molecule has 3 heterocycles. The van der Waals surface area contributed by atoms with Crippen molar-refractivity contribution in [3.63, 3.8) is 0 Å². The van der Waals surface area contributed by atoms with Gasteiger partial charge in [0, 0.05) is 0 Å². The second-order valence-corrected chi connectivity index (χ2v) is 11.4. The average Bonchev–Trinajstić information content (AvgIpc) is 3.51. The molecule has 0 N–H and O–H groups in total. The molecule has 1 fully saturated rings. The molecule has 4 aromatic carbocycles. The summed E-state index contributed by atoms with van der Waals surface area (Å²) in [6, 6.07) is 35.4. The first-order valence-corrected chi connectivity index (χ1v) is 14.5. The number of aromatic nitrogens is 2. The SMILES string of the molecule is Cc1cc(C)c2c(c1)N1C(=O)N(c3ncn(C(c4ccccc4)(c4ccccc4)c4ccccc4)c3C)C(C)C1CO2. The number of fused-ring (bicyclic) bond motifs is 3. The molecule has 1 saturated heterocycles. The number of ether oxygens (including phenoxy) is 1. The third kappa shape index (κ3) is 3.71. The van der Waals surface area contributed by atoms with Crippen LogP contribution in [0.3, 0.4) is 0 Å². The van der Waals surface area contributed by atoms with E-state index in [2.05, 4.69) is 110 Å². The molecule has 6 heteroatoms. The Morgan fingerprint density at radius 1 is 0.786 bits per heavy atom. The fourth-order valence-electron chi connectivity index (χ4n) is 7.00. The van der Waals surface area contributed by atoms with E-state index in [-0.39, 0.29) is 18.1 Å². The third-order valence-electron chi connectivity index (χ3n) is 8.91. The molecule has 0 saturated carbocycles. The van der Waals surface area contributed by atoms with Gasteiger partial charge in [-0.05, 0) is 61.6 Å². The summed E-state index contributed by atoms with van der Waals surface area (Å²) in [4.78, 5) is 23.1. The van der Waals surface area contributed by atoms with Crippen LogP contribution in [0.1, 0.15) is 40.4 Å². The van der Waals surface area contributed by atoms with E-state index in [9.17, 15) is 4.79 Å². The molecule has 2 aliphatic rings. The lowest BCUT2D eigenvalue weighted by atomic mass is 9.76. The molecular formula is C36H34N4O2. The number of anilines is 2. The zero-order valence-electron chi connectivity index (χ0n) is 24.4. The predicted octanol–water partition coefficient (Wildman–Crippen LogP) is 7.24. The molecule has 2 unspecified atom stereocenters. The van der Waals surface area contributed by atoms with E-state index in [4.69, 9.17) is 9.72 Å². The van der Waals surface area contributed by atoms with Gasteiger partial charge >= 0.3 is 6.03 Å². The Morgan fingerprint density at radius 2 is 1.33 bits per heavy atom. The molecule has 5 aromatic rings. The number of benzene rings is 4. The summed E-state index contributed by atoms with van der Waals surface area (Å²) < 4.78 is 8.48. The lowest BCUT2D eigenvalue weighted by molar-refractivity contribution is 0.245. The number of urea groups is 1. The standard InChI is InChI=1S/C36H34N4O2/c1-24-20-25(2)33-31(21-24)40-32(22-42-33)26(3)39(35(40)41)34-27(4)38(23-37-34)36(28-14-8-5-9-15-28,29-16-10-6-11-17-29)30-18-12-7-13-19-30/h5-21,23,26,32H,22H2,1-4H3. The fourth-order valence-corrected chi connectivity index (χ4v) is 7.00. The van der Waals surface area contributed by atoms with Crippen LogP contribution in [0.5, 0.6) is 5.75 Å². The summed E-state index contributed by atoms with van der Waals surface area (Å²) in [6.07, 6.45) is 1.90. The summed E-state index contributed by atoms with van der Waals surface area (Å²) >= 11 is 0. The Hall–Kier alpha value is -4.84. The van der Waals surface area contributed by atoms with Crippen molar-refractivity contribution in [2.75, 3.05) is 16.4 Å². The van der Waals surface area contributed by atoms with E-state index in [0.717, 1.165) is 44.9 Å². The number of hydrogen-bond donors (Lipinski definition) is 0. The second kappa shape index (κ2) is 9.91. The van der Waals surface area contributed by atoms with Crippen LogP contribution in [-0.4, -0.2) is 34.3 Å². The molecule has 2 aliphatic heterocycles. The normalized spacial score (nSPS) is 18.0. The summed E-state index contributed by atoms with van der Waals surface area (Å²) in [7, 11) is 0. The molecule has 0 radical (unpaired) electrons. The highest BCUT2D eigenvalue weighted by atomic mass is 16.5. The van der Waals surface area contributed by atoms with Gasteiger partial charge < -0.3 is 9.30 Å². The number of carbonyl (C=O) groups is 1. The summed E-state index contributed by atoms with van der Waals surface area (Å²) in [5.74, 6) is 1.46. The van der Waals surface area contributed by atoms with E-state index in [1.165, 1.54) is 0 Å². The van der Waals surface area contributed by atoms with Gasteiger partial charge in [-0.1, -0.05) is 97.1 Å². The number of rotatable bonds is 5. The Kier molecular flexibility index (Phi) is 6.15. The van der Waals surface area contributed by atoms with Gasteiger partial charge in [0.2, 0.25) is 0 Å².